The lowest BCUT2D eigenvalue weighted by molar-refractivity contribution is 0.368. The maximum Gasteiger partial charge on any atom is 0.124 e. The summed E-state index contributed by atoms with van der Waals surface area (Å²) in [5, 5.41) is 9.47. The van der Waals surface area contributed by atoms with Crippen molar-refractivity contribution in [3.05, 3.63) is 66.0 Å². The zero-order valence-electron chi connectivity index (χ0n) is 10.9. The van der Waals surface area contributed by atoms with Crippen LogP contribution >= 0.6 is 11.8 Å². The van der Waals surface area contributed by atoms with E-state index in [1.165, 1.54) is 29.5 Å². The van der Waals surface area contributed by atoms with Crippen LogP contribution in [0.5, 0.6) is 0 Å². The van der Waals surface area contributed by atoms with Gasteiger partial charge in [-0.3, -0.25) is 0 Å². The molecule has 20 heavy (non-hydrogen) atoms. The molecule has 0 saturated heterocycles. The zero-order valence-corrected chi connectivity index (χ0v) is 11.7. The summed E-state index contributed by atoms with van der Waals surface area (Å²) in [4.78, 5) is 0.832. The van der Waals surface area contributed by atoms with Crippen LogP contribution in [0.15, 0.2) is 59.5 Å². The molecule has 0 atom stereocenters. The summed E-state index contributed by atoms with van der Waals surface area (Å²) in [7, 11) is 0. The number of benzene rings is 2. The third-order valence-corrected chi connectivity index (χ3v) is 5.04. The van der Waals surface area contributed by atoms with E-state index in [0.717, 1.165) is 17.7 Å². The lowest BCUT2D eigenvalue weighted by Gasteiger charge is -2.42. The Bertz CT molecular complexity index is 642. The number of halogens is 1. The van der Waals surface area contributed by atoms with Crippen molar-refractivity contribution < 1.29 is 4.39 Å². The lowest BCUT2D eigenvalue weighted by atomic mass is 9.71. The normalized spacial score (nSPS) is 24.7. The van der Waals surface area contributed by atoms with Crippen molar-refractivity contribution >= 4 is 11.8 Å². The fourth-order valence-corrected chi connectivity index (χ4v) is 4.03. The molecule has 1 nitrogen and oxygen atoms in total. The van der Waals surface area contributed by atoms with Crippen LogP contribution in [0.3, 0.4) is 0 Å². The van der Waals surface area contributed by atoms with E-state index < -0.39 is 4.75 Å². The number of nitriles is 1. The van der Waals surface area contributed by atoms with Crippen LogP contribution < -0.4 is 0 Å². The molecule has 1 aliphatic carbocycles. The van der Waals surface area contributed by atoms with Gasteiger partial charge in [-0.1, -0.05) is 36.4 Å². The van der Waals surface area contributed by atoms with Crippen LogP contribution in [-0.4, -0.2) is 4.75 Å². The fourth-order valence-electron chi connectivity index (χ4n) is 2.65. The van der Waals surface area contributed by atoms with Gasteiger partial charge in [-0.2, -0.15) is 5.26 Å². The maximum atomic E-state index is 13.2. The van der Waals surface area contributed by atoms with Crippen LogP contribution in [0.4, 0.5) is 4.39 Å². The molecule has 0 N–H and O–H groups in total. The maximum absolute atomic E-state index is 13.2. The summed E-state index contributed by atoms with van der Waals surface area (Å²) in [6, 6.07) is 19.2. The largest absolute Gasteiger partial charge is 0.207 e. The Labute approximate surface area is 122 Å². The van der Waals surface area contributed by atoms with Gasteiger partial charge in [0, 0.05) is 4.90 Å². The molecule has 0 aromatic heterocycles. The molecule has 3 rings (SSSR count). The highest BCUT2D eigenvalue weighted by atomic mass is 32.2. The van der Waals surface area contributed by atoms with E-state index in [1.807, 2.05) is 24.3 Å². The fraction of sp³-hybridized carbons (Fsp3) is 0.235. The third kappa shape index (κ3) is 2.57. The first-order chi connectivity index (χ1) is 9.71. The average Bonchev–Trinajstić information content (AvgIpc) is 2.43. The topological polar surface area (TPSA) is 23.8 Å². The molecule has 1 saturated carbocycles. The van der Waals surface area contributed by atoms with E-state index in [9.17, 15) is 9.65 Å². The van der Waals surface area contributed by atoms with Crippen LogP contribution in [0, 0.1) is 17.1 Å². The number of hydrogen-bond donors (Lipinski definition) is 0. The Morgan fingerprint density at radius 2 is 1.85 bits per heavy atom. The summed E-state index contributed by atoms with van der Waals surface area (Å²) in [6.45, 7) is 0. The van der Waals surface area contributed by atoms with Crippen molar-refractivity contribution in [3.63, 3.8) is 0 Å². The summed E-state index contributed by atoms with van der Waals surface area (Å²) in [6.07, 6.45) is 1.66. The van der Waals surface area contributed by atoms with E-state index in [-0.39, 0.29) is 5.82 Å². The second kappa shape index (κ2) is 5.30. The highest BCUT2D eigenvalue weighted by molar-refractivity contribution is 8.01. The monoisotopic (exact) mass is 283 g/mol. The van der Waals surface area contributed by atoms with Crippen molar-refractivity contribution in [1.29, 1.82) is 5.26 Å². The van der Waals surface area contributed by atoms with Gasteiger partial charge in [-0.15, -0.1) is 11.8 Å². The molecule has 1 aliphatic rings. The van der Waals surface area contributed by atoms with Crippen molar-refractivity contribution in [2.45, 2.75) is 28.4 Å². The van der Waals surface area contributed by atoms with Gasteiger partial charge in [0.1, 0.15) is 10.6 Å². The number of rotatable bonds is 3. The molecule has 0 radical (unpaired) electrons. The smallest absolute Gasteiger partial charge is 0.124 e. The Hall–Kier alpha value is -1.79. The molecule has 2 aromatic carbocycles. The SMILES string of the molecule is N#CC1(Sc2cccc(F)c2)CC(c2ccccc2)C1. The molecular weight excluding hydrogens is 269 g/mol. The quantitative estimate of drug-likeness (QED) is 0.811. The van der Waals surface area contributed by atoms with Gasteiger partial charge >= 0.3 is 0 Å². The second-order valence-corrected chi connectivity index (χ2v) is 6.64. The van der Waals surface area contributed by atoms with Crippen molar-refractivity contribution in [2.75, 3.05) is 0 Å². The minimum absolute atomic E-state index is 0.248. The Morgan fingerprint density at radius 1 is 1.10 bits per heavy atom. The van der Waals surface area contributed by atoms with Gasteiger partial charge in [-0.05, 0) is 42.5 Å². The van der Waals surface area contributed by atoms with Gasteiger partial charge in [0.15, 0.2) is 0 Å². The Balaban J connectivity index is 1.72. The number of hydrogen-bond acceptors (Lipinski definition) is 2. The zero-order chi connectivity index (χ0) is 14.0. The Kier molecular flexibility index (Phi) is 3.50. The molecule has 3 heteroatoms. The first-order valence-corrected chi connectivity index (χ1v) is 7.43. The van der Waals surface area contributed by atoms with Gasteiger partial charge in [0.05, 0.1) is 6.07 Å². The van der Waals surface area contributed by atoms with E-state index in [4.69, 9.17) is 0 Å². The van der Waals surface area contributed by atoms with E-state index >= 15 is 0 Å². The highest BCUT2D eigenvalue weighted by Gasteiger charge is 2.46. The van der Waals surface area contributed by atoms with Crippen LogP contribution in [0.25, 0.3) is 0 Å². The minimum atomic E-state index is -0.408. The first kappa shape index (κ1) is 13.2. The van der Waals surface area contributed by atoms with Crippen molar-refractivity contribution in [3.8, 4) is 6.07 Å². The molecular formula is C17H14FNS. The molecule has 2 aromatic rings. The van der Waals surface area contributed by atoms with Gasteiger partial charge in [0.2, 0.25) is 0 Å². The van der Waals surface area contributed by atoms with Crippen molar-refractivity contribution in [2.24, 2.45) is 0 Å². The summed E-state index contributed by atoms with van der Waals surface area (Å²) in [5.41, 5.74) is 1.29. The summed E-state index contributed by atoms with van der Waals surface area (Å²) < 4.78 is 12.8. The van der Waals surface area contributed by atoms with Gasteiger partial charge in [-0.25, -0.2) is 4.39 Å². The molecule has 0 bridgehead atoms. The van der Waals surface area contributed by atoms with Crippen LogP contribution in [-0.2, 0) is 0 Å². The van der Waals surface area contributed by atoms with Crippen LogP contribution in [0.1, 0.15) is 24.3 Å². The van der Waals surface area contributed by atoms with E-state index in [0.29, 0.717) is 5.92 Å². The molecule has 0 unspecified atom stereocenters. The first-order valence-electron chi connectivity index (χ1n) is 6.62. The van der Waals surface area contributed by atoms with Crippen molar-refractivity contribution in [1.82, 2.24) is 0 Å². The molecule has 100 valence electrons. The molecule has 0 heterocycles. The average molecular weight is 283 g/mol. The molecule has 0 spiro atoms. The summed E-state index contributed by atoms with van der Waals surface area (Å²) >= 11 is 1.49. The van der Waals surface area contributed by atoms with Gasteiger partial charge < -0.3 is 0 Å². The molecule has 0 amide bonds. The lowest BCUT2D eigenvalue weighted by Crippen LogP contribution is -2.38. The number of nitrogens with zero attached hydrogens (tertiary/aromatic N) is 1. The van der Waals surface area contributed by atoms with Gasteiger partial charge in [0.25, 0.3) is 0 Å². The van der Waals surface area contributed by atoms with E-state index in [1.54, 1.807) is 6.07 Å². The minimum Gasteiger partial charge on any atom is -0.207 e. The predicted molar refractivity (Wildman–Crippen MR) is 79.0 cm³/mol. The summed E-state index contributed by atoms with van der Waals surface area (Å²) in [5.74, 6) is 0.193. The van der Waals surface area contributed by atoms with E-state index in [2.05, 4.69) is 18.2 Å². The Morgan fingerprint density at radius 3 is 2.50 bits per heavy atom. The molecule has 1 fully saturated rings. The van der Waals surface area contributed by atoms with Crippen LogP contribution in [0.2, 0.25) is 0 Å². The number of thioether (sulfide) groups is 1. The predicted octanol–water partition coefficient (Wildman–Crippen LogP) is 4.76. The molecule has 0 aliphatic heterocycles. The standard InChI is InChI=1S/C17H14FNS/c18-15-7-4-8-16(9-15)20-17(12-19)10-14(11-17)13-5-2-1-3-6-13/h1-9,14H,10-11H2. The second-order valence-electron chi connectivity index (χ2n) is 5.18. The highest BCUT2D eigenvalue weighted by Crippen LogP contribution is 2.54. The third-order valence-electron chi connectivity index (χ3n) is 3.74.